The molecule has 10 heteroatoms. The molecule has 0 bridgehead atoms. The Morgan fingerprint density at radius 2 is 1.97 bits per heavy atom. The van der Waals surface area contributed by atoms with Crippen LogP contribution in [0.25, 0.3) is 0 Å². The van der Waals surface area contributed by atoms with Crippen molar-refractivity contribution in [1.29, 1.82) is 0 Å². The molecule has 8 nitrogen and oxygen atoms in total. The quantitative estimate of drug-likeness (QED) is 0.397. The van der Waals surface area contributed by atoms with Gasteiger partial charge in [-0.05, 0) is 67.8 Å². The first-order valence-electron chi connectivity index (χ1n) is 11.5. The van der Waals surface area contributed by atoms with Crippen molar-refractivity contribution in [1.82, 2.24) is 25.1 Å². The van der Waals surface area contributed by atoms with E-state index in [1.807, 2.05) is 18.4 Å². The van der Waals surface area contributed by atoms with Crippen molar-refractivity contribution in [2.24, 2.45) is 0 Å². The second kappa shape index (κ2) is 9.42. The molecule has 4 heterocycles. The van der Waals surface area contributed by atoms with Crippen molar-refractivity contribution in [2.45, 2.75) is 55.9 Å². The molecule has 1 aromatic heterocycles. The summed E-state index contributed by atoms with van der Waals surface area (Å²) in [5.41, 5.74) is 2.69. The molecular weight excluding hydrogens is 457 g/mol. The van der Waals surface area contributed by atoms with Gasteiger partial charge in [-0.15, -0.1) is 0 Å². The first kappa shape index (κ1) is 22.9. The maximum atomic E-state index is 15.1. The SMILES string of the molecule is CSc1nccc(CN2CCC(c3cc4c(cc3F)C(=O)N(C3CCC(=O)NC3=O)C4)CC2)n1. The predicted molar refractivity (Wildman–Crippen MR) is 124 cm³/mol. The van der Waals surface area contributed by atoms with Gasteiger partial charge in [-0.2, -0.15) is 0 Å². The topological polar surface area (TPSA) is 95.5 Å². The summed E-state index contributed by atoms with van der Waals surface area (Å²) in [6.07, 6.45) is 5.86. The van der Waals surface area contributed by atoms with Crippen LogP contribution in [0.1, 0.15) is 58.8 Å². The summed E-state index contributed by atoms with van der Waals surface area (Å²) < 4.78 is 15.1. The number of benzene rings is 1. The lowest BCUT2D eigenvalue weighted by molar-refractivity contribution is -0.136. The predicted octanol–water partition coefficient (Wildman–Crippen LogP) is 2.48. The maximum Gasteiger partial charge on any atom is 0.255 e. The molecule has 2 fully saturated rings. The standard InChI is InChI=1S/C24H26FN5O3S/c1-34-24-26-7-4-16(27-24)13-29-8-5-14(6-9-29)17-10-15-12-30(23(33)18(15)11-19(17)25)20-2-3-21(31)28-22(20)32/h4,7,10-11,14,20H,2-3,5-6,8-9,12-13H2,1H3,(H,28,31,32). The Morgan fingerprint density at radius 1 is 1.18 bits per heavy atom. The number of aromatic nitrogens is 2. The van der Waals surface area contributed by atoms with Gasteiger partial charge >= 0.3 is 0 Å². The number of imide groups is 1. The number of rotatable bonds is 5. The highest BCUT2D eigenvalue weighted by atomic mass is 32.2. The molecule has 3 amide bonds. The third-order valence-corrected chi connectivity index (χ3v) is 7.49. The average molecular weight is 484 g/mol. The number of halogens is 1. The van der Waals surface area contributed by atoms with Gasteiger partial charge < -0.3 is 4.90 Å². The molecule has 178 valence electrons. The lowest BCUT2D eigenvalue weighted by Gasteiger charge is -2.32. The van der Waals surface area contributed by atoms with Crippen LogP contribution in [0.2, 0.25) is 0 Å². The number of amides is 3. The van der Waals surface area contributed by atoms with Crippen molar-refractivity contribution in [3.8, 4) is 0 Å². The number of likely N-dealkylation sites (tertiary alicyclic amines) is 1. The Morgan fingerprint density at radius 3 is 2.71 bits per heavy atom. The number of hydrogen-bond donors (Lipinski definition) is 1. The fraction of sp³-hybridized carbons (Fsp3) is 0.458. The number of thioether (sulfide) groups is 1. The molecule has 3 aliphatic rings. The summed E-state index contributed by atoms with van der Waals surface area (Å²) in [4.78, 5) is 49.2. The lowest BCUT2D eigenvalue weighted by atomic mass is 9.87. The van der Waals surface area contributed by atoms with Gasteiger partial charge in [-0.1, -0.05) is 17.8 Å². The van der Waals surface area contributed by atoms with E-state index < -0.39 is 11.9 Å². The van der Waals surface area contributed by atoms with Crippen LogP contribution in [0, 0.1) is 5.82 Å². The fourth-order valence-electron chi connectivity index (χ4n) is 5.11. The molecule has 0 saturated carbocycles. The number of carbonyl (C=O) groups is 3. The zero-order valence-electron chi connectivity index (χ0n) is 18.9. The van der Waals surface area contributed by atoms with E-state index in [-0.39, 0.29) is 36.5 Å². The molecular formula is C24H26FN5O3S. The number of hydrogen-bond acceptors (Lipinski definition) is 7. The van der Waals surface area contributed by atoms with Crippen molar-refractivity contribution in [3.63, 3.8) is 0 Å². The van der Waals surface area contributed by atoms with Gasteiger partial charge in [0.15, 0.2) is 5.16 Å². The highest BCUT2D eigenvalue weighted by molar-refractivity contribution is 7.98. The van der Waals surface area contributed by atoms with E-state index in [9.17, 15) is 14.4 Å². The van der Waals surface area contributed by atoms with Gasteiger partial charge in [0.2, 0.25) is 11.8 Å². The zero-order chi connectivity index (χ0) is 23.8. The van der Waals surface area contributed by atoms with Crippen molar-refractivity contribution in [3.05, 3.63) is 52.6 Å². The summed E-state index contributed by atoms with van der Waals surface area (Å²) in [6.45, 7) is 2.67. The van der Waals surface area contributed by atoms with E-state index in [0.29, 0.717) is 17.5 Å². The van der Waals surface area contributed by atoms with Crippen LogP contribution in [0.4, 0.5) is 4.39 Å². The molecule has 0 aliphatic carbocycles. The number of piperidine rings is 2. The normalized spacial score (nSPS) is 21.6. The fourth-order valence-corrected chi connectivity index (χ4v) is 5.49. The lowest BCUT2D eigenvalue weighted by Crippen LogP contribution is -2.52. The monoisotopic (exact) mass is 483 g/mol. The molecule has 1 unspecified atom stereocenters. The van der Waals surface area contributed by atoms with Gasteiger partial charge in [0.05, 0.1) is 5.69 Å². The van der Waals surface area contributed by atoms with Crippen LogP contribution in [0.3, 0.4) is 0 Å². The Labute approximate surface area is 201 Å². The highest BCUT2D eigenvalue weighted by Crippen LogP contribution is 2.35. The van der Waals surface area contributed by atoms with E-state index in [1.165, 1.54) is 22.7 Å². The van der Waals surface area contributed by atoms with E-state index in [2.05, 4.69) is 20.2 Å². The molecule has 0 spiro atoms. The smallest absolute Gasteiger partial charge is 0.255 e. The Kier molecular flexibility index (Phi) is 6.35. The number of carbonyl (C=O) groups excluding carboxylic acids is 3. The van der Waals surface area contributed by atoms with Crippen LogP contribution in [-0.4, -0.2) is 62.9 Å². The maximum absolute atomic E-state index is 15.1. The molecule has 34 heavy (non-hydrogen) atoms. The van der Waals surface area contributed by atoms with E-state index in [0.717, 1.165) is 48.9 Å². The van der Waals surface area contributed by atoms with Crippen LogP contribution in [0.5, 0.6) is 0 Å². The number of nitrogens with zero attached hydrogens (tertiary/aromatic N) is 4. The largest absolute Gasteiger partial charge is 0.322 e. The molecule has 1 aromatic carbocycles. The third-order valence-electron chi connectivity index (χ3n) is 6.93. The average Bonchev–Trinajstić information content (AvgIpc) is 3.14. The summed E-state index contributed by atoms with van der Waals surface area (Å²) in [6, 6.07) is 4.37. The van der Waals surface area contributed by atoms with Crippen LogP contribution >= 0.6 is 11.8 Å². The molecule has 1 N–H and O–H groups in total. The number of nitrogens with one attached hydrogen (secondary N) is 1. The van der Waals surface area contributed by atoms with E-state index >= 15 is 4.39 Å². The minimum atomic E-state index is -0.694. The van der Waals surface area contributed by atoms with Crippen LogP contribution < -0.4 is 5.32 Å². The molecule has 5 rings (SSSR count). The van der Waals surface area contributed by atoms with E-state index in [1.54, 1.807) is 6.20 Å². The summed E-state index contributed by atoms with van der Waals surface area (Å²) >= 11 is 1.52. The van der Waals surface area contributed by atoms with Crippen molar-refractivity contribution in [2.75, 3.05) is 19.3 Å². The van der Waals surface area contributed by atoms with Crippen LogP contribution in [-0.2, 0) is 22.7 Å². The summed E-state index contributed by atoms with van der Waals surface area (Å²) in [5.74, 6) is -1.42. The Balaban J connectivity index is 1.26. The highest BCUT2D eigenvalue weighted by Gasteiger charge is 2.40. The summed E-state index contributed by atoms with van der Waals surface area (Å²) in [5, 5.41) is 3.05. The minimum absolute atomic E-state index is 0.0773. The minimum Gasteiger partial charge on any atom is -0.322 e. The van der Waals surface area contributed by atoms with Gasteiger partial charge in [-0.25, -0.2) is 14.4 Å². The van der Waals surface area contributed by atoms with Gasteiger partial charge in [-0.3, -0.25) is 24.6 Å². The van der Waals surface area contributed by atoms with Gasteiger partial charge in [0.1, 0.15) is 11.9 Å². The second-order valence-corrected chi connectivity index (χ2v) is 9.79. The van der Waals surface area contributed by atoms with Crippen LogP contribution in [0.15, 0.2) is 29.6 Å². The zero-order valence-corrected chi connectivity index (χ0v) is 19.7. The van der Waals surface area contributed by atoms with E-state index in [4.69, 9.17) is 0 Å². The van der Waals surface area contributed by atoms with Gasteiger partial charge in [0, 0.05) is 31.3 Å². The Hall–Kier alpha value is -2.85. The number of fused-ring (bicyclic) bond motifs is 1. The first-order chi connectivity index (χ1) is 16.4. The molecule has 1 atom stereocenters. The second-order valence-electron chi connectivity index (χ2n) is 9.02. The van der Waals surface area contributed by atoms with Crippen molar-refractivity contribution < 1.29 is 18.8 Å². The molecule has 2 aromatic rings. The molecule has 2 saturated heterocycles. The van der Waals surface area contributed by atoms with Gasteiger partial charge in [0.25, 0.3) is 5.91 Å². The third kappa shape index (κ3) is 4.44. The van der Waals surface area contributed by atoms with Crippen molar-refractivity contribution >= 4 is 29.5 Å². The first-order valence-corrected chi connectivity index (χ1v) is 12.7. The molecule has 3 aliphatic heterocycles. The summed E-state index contributed by atoms with van der Waals surface area (Å²) in [7, 11) is 0. The Bertz CT molecular complexity index is 1150. The molecule has 0 radical (unpaired) electrons.